The Balaban J connectivity index is 0.000000403. The molecule has 0 aromatic rings. The molecule has 1 aliphatic carbocycles. The molecule has 1 N–H and O–H groups in total. The fourth-order valence-corrected chi connectivity index (χ4v) is 2.19. The van der Waals surface area contributed by atoms with Crippen LogP contribution >= 0.6 is 12.4 Å². The number of hydrogen-bond acceptors (Lipinski definition) is 2. The summed E-state index contributed by atoms with van der Waals surface area (Å²) in [6, 6.07) is 0. The van der Waals surface area contributed by atoms with Crippen LogP contribution in [0.15, 0.2) is 0 Å². The molecule has 0 bridgehead atoms. The van der Waals surface area contributed by atoms with Gasteiger partial charge in [0.15, 0.2) is 0 Å². The lowest BCUT2D eigenvalue weighted by atomic mass is 9.91. The second-order valence-corrected chi connectivity index (χ2v) is 3.58. The highest BCUT2D eigenvalue weighted by Gasteiger charge is 2.61. The molecule has 0 aromatic heterocycles. The molecule has 0 aromatic carbocycles. The highest BCUT2D eigenvalue weighted by molar-refractivity contribution is 5.85. The van der Waals surface area contributed by atoms with Crippen molar-refractivity contribution in [3.8, 4) is 0 Å². The summed E-state index contributed by atoms with van der Waals surface area (Å²) in [5.74, 6) is 1.89. The molecule has 3 aliphatic rings. The summed E-state index contributed by atoms with van der Waals surface area (Å²) in [4.78, 5) is 0. The van der Waals surface area contributed by atoms with Gasteiger partial charge in [-0.25, -0.2) is 0 Å². The smallest absolute Gasteiger partial charge is 0.0961 e. The number of fused-ring (bicyclic) bond motifs is 2. The molecule has 1 saturated carbocycles. The summed E-state index contributed by atoms with van der Waals surface area (Å²) in [7, 11) is 0. The van der Waals surface area contributed by atoms with Crippen molar-refractivity contribution >= 4 is 12.4 Å². The molecule has 2 saturated heterocycles. The van der Waals surface area contributed by atoms with E-state index in [4.69, 9.17) is 4.74 Å². The van der Waals surface area contributed by atoms with Crippen LogP contribution in [0.3, 0.4) is 0 Å². The van der Waals surface area contributed by atoms with Crippen molar-refractivity contribution in [3.05, 3.63) is 0 Å². The van der Waals surface area contributed by atoms with E-state index in [0.29, 0.717) is 5.60 Å². The zero-order chi connectivity index (χ0) is 5.90. The minimum atomic E-state index is 0. The fourth-order valence-electron chi connectivity index (χ4n) is 2.19. The molecular formula is C7H12ClNO. The molecule has 2 aliphatic heterocycles. The Morgan fingerprint density at radius 2 is 2.20 bits per heavy atom. The lowest BCUT2D eigenvalue weighted by Crippen LogP contribution is -2.61. The molecular weight excluding hydrogens is 150 g/mol. The highest BCUT2D eigenvalue weighted by atomic mass is 35.5. The average molecular weight is 162 g/mol. The van der Waals surface area contributed by atoms with Gasteiger partial charge in [-0.3, -0.25) is 0 Å². The van der Waals surface area contributed by atoms with E-state index in [1.165, 1.54) is 6.42 Å². The fraction of sp³-hybridized carbons (Fsp3) is 1.00. The zero-order valence-corrected chi connectivity index (χ0v) is 6.62. The number of ether oxygens (including phenoxy) is 1. The minimum Gasteiger partial charge on any atom is -0.372 e. The third-order valence-electron chi connectivity index (χ3n) is 3.03. The highest BCUT2D eigenvalue weighted by Crippen LogP contribution is 2.55. The maximum absolute atomic E-state index is 5.68. The van der Waals surface area contributed by atoms with E-state index < -0.39 is 0 Å². The first-order chi connectivity index (χ1) is 4.41. The topological polar surface area (TPSA) is 21.3 Å². The van der Waals surface area contributed by atoms with Gasteiger partial charge < -0.3 is 10.1 Å². The van der Waals surface area contributed by atoms with E-state index in [1.807, 2.05) is 0 Å². The first-order valence-electron chi connectivity index (χ1n) is 3.75. The van der Waals surface area contributed by atoms with Gasteiger partial charge in [0.2, 0.25) is 0 Å². The second kappa shape index (κ2) is 1.87. The van der Waals surface area contributed by atoms with E-state index in [0.717, 1.165) is 31.5 Å². The van der Waals surface area contributed by atoms with Gasteiger partial charge in [0.05, 0.1) is 12.2 Å². The van der Waals surface area contributed by atoms with Gasteiger partial charge in [-0.15, -0.1) is 12.4 Å². The van der Waals surface area contributed by atoms with Crippen LogP contribution in [0.1, 0.15) is 6.42 Å². The van der Waals surface area contributed by atoms with Gasteiger partial charge in [-0.2, -0.15) is 0 Å². The predicted molar refractivity (Wildman–Crippen MR) is 40.4 cm³/mol. The third-order valence-corrected chi connectivity index (χ3v) is 3.03. The molecule has 0 amide bonds. The monoisotopic (exact) mass is 161 g/mol. The van der Waals surface area contributed by atoms with Gasteiger partial charge in [0, 0.05) is 13.1 Å². The molecule has 2 heterocycles. The second-order valence-electron chi connectivity index (χ2n) is 3.58. The molecule has 2 unspecified atom stereocenters. The van der Waals surface area contributed by atoms with Crippen molar-refractivity contribution < 1.29 is 4.74 Å². The third kappa shape index (κ3) is 0.621. The molecule has 58 valence electrons. The van der Waals surface area contributed by atoms with Gasteiger partial charge in [-0.1, -0.05) is 0 Å². The first-order valence-corrected chi connectivity index (χ1v) is 3.75. The summed E-state index contributed by atoms with van der Waals surface area (Å²) >= 11 is 0. The Bertz CT molecular complexity index is 158. The summed E-state index contributed by atoms with van der Waals surface area (Å²) in [5, 5.41) is 3.28. The van der Waals surface area contributed by atoms with Crippen LogP contribution in [-0.4, -0.2) is 25.3 Å². The van der Waals surface area contributed by atoms with E-state index in [1.54, 1.807) is 0 Å². The maximum atomic E-state index is 5.68. The number of rotatable bonds is 0. The standard InChI is InChI=1S/C7H11NO.ClH/c1-5-2-9-7(6(1)5)3-8-4-7;/h5-6,8H,1-4H2;1H. The largest absolute Gasteiger partial charge is 0.372 e. The Kier molecular flexibility index (Phi) is 1.29. The normalized spacial score (nSPS) is 45.6. The van der Waals surface area contributed by atoms with Crippen molar-refractivity contribution in [2.24, 2.45) is 11.8 Å². The summed E-state index contributed by atoms with van der Waals surface area (Å²) in [5.41, 5.74) is 0.338. The van der Waals surface area contributed by atoms with Crippen LogP contribution < -0.4 is 5.32 Å². The first kappa shape index (κ1) is 6.89. The quantitative estimate of drug-likeness (QED) is 0.556. The van der Waals surface area contributed by atoms with Gasteiger partial charge in [0.1, 0.15) is 0 Å². The van der Waals surface area contributed by atoms with Crippen LogP contribution in [0.4, 0.5) is 0 Å². The van der Waals surface area contributed by atoms with E-state index in [2.05, 4.69) is 5.32 Å². The number of hydrogen-bond donors (Lipinski definition) is 1. The molecule has 3 rings (SSSR count). The SMILES string of the molecule is C1OC2(CNC2)C2CC12.Cl. The van der Waals surface area contributed by atoms with E-state index in [-0.39, 0.29) is 12.4 Å². The van der Waals surface area contributed by atoms with Gasteiger partial charge in [-0.05, 0) is 18.3 Å². The van der Waals surface area contributed by atoms with E-state index >= 15 is 0 Å². The lowest BCUT2D eigenvalue weighted by Gasteiger charge is -2.40. The van der Waals surface area contributed by atoms with Crippen LogP contribution in [0, 0.1) is 11.8 Å². The molecule has 2 nitrogen and oxygen atoms in total. The van der Waals surface area contributed by atoms with Crippen molar-refractivity contribution in [2.75, 3.05) is 19.7 Å². The Morgan fingerprint density at radius 1 is 1.40 bits per heavy atom. The summed E-state index contributed by atoms with van der Waals surface area (Å²) in [6.07, 6.45) is 1.45. The Hall–Kier alpha value is 0.210. The summed E-state index contributed by atoms with van der Waals surface area (Å²) < 4.78 is 5.68. The summed E-state index contributed by atoms with van der Waals surface area (Å²) in [6.45, 7) is 3.29. The van der Waals surface area contributed by atoms with Crippen molar-refractivity contribution in [2.45, 2.75) is 12.0 Å². The van der Waals surface area contributed by atoms with Crippen molar-refractivity contribution in [3.63, 3.8) is 0 Å². The van der Waals surface area contributed by atoms with Gasteiger partial charge >= 0.3 is 0 Å². The molecule has 3 fully saturated rings. The molecule has 1 spiro atoms. The molecule has 3 heteroatoms. The minimum absolute atomic E-state index is 0. The van der Waals surface area contributed by atoms with Crippen LogP contribution in [0.2, 0.25) is 0 Å². The zero-order valence-electron chi connectivity index (χ0n) is 5.80. The Morgan fingerprint density at radius 3 is 2.40 bits per heavy atom. The average Bonchev–Trinajstić information content (AvgIpc) is 2.42. The number of nitrogens with one attached hydrogen (secondary N) is 1. The molecule has 0 radical (unpaired) electrons. The molecule has 10 heavy (non-hydrogen) atoms. The van der Waals surface area contributed by atoms with Crippen LogP contribution in [0.25, 0.3) is 0 Å². The maximum Gasteiger partial charge on any atom is 0.0961 e. The van der Waals surface area contributed by atoms with Crippen LogP contribution in [0.5, 0.6) is 0 Å². The van der Waals surface area contributed by atoms with Crippen molar-refractivity contribution in [1.29, 1.82) is 0 Å². The predicted octanol–water partition coefficient (Wildman–Crippen LogP) is 0.416. The van der Waals surface area contributed by atoms with Crippen molar-refractivity contribution in [1.82, 2.24) is 5.32 Å². The number of halogens is 1. The lowest BCUT2D eigenvalue weighted by molar-refractivity contribution is -0.0620. The Labute approximate surface area is 66.7 Å². The van der Waals surface area contributed by atoms with Gasteiger partial charge in [0.25, 0.3) is 0 Å². The van der Waals surface area contributed by atoms with E-state index in [9.17, 15) is 0 Å². The van der Waals surface area contributed by atoms with Crippen LogP contribution in [-0.2, 0) is 4.74 Å². The molecule has 2 atom stereocenters.